The van der Waals surface area contributed by atoms with Gasteiger partial charge in [-0.05, 0) is 31.0 Å². The van der Waals surface area contributed by atoms with Gasteiger partial charge in [-0.1, -0.05) is 30.3 Å². The molecule has 1 N–H and O–H groups in total. The molecule has 0 radical (unpaired) electrons. The predicted octanol–water partition coefficient (Wildman–Crippen LogP) is 1.52. The SMILES string of the molecule is C[C@@H]1CN(Cc2ccccc2)CCCN1c1ccc2n[nH]c(=O)n2n1. The van der Waals surface area contributed by atoms with Crippen LogP contribution in [0.5, 0.6) is 0 Å². The van der Waals surface area contributed by atoms with E-state index in [-0.39, 0.29) is 5.69 Å². The lowest BCUT2D eigenvalue weighted by atomic mass is 10.2. The number of hydrogen-bond acceptors (Lipinski definition) is 5. The Labute approximate surface area is 145 Å². The van der Waals surface area contributed by atoms with E-state index in [1.165, 1.54) is 10.1 Å². The van der Waals surface area contributed by atoms with Crippen LogP contribution in [-0.4, -0.2) is 50.4 Å². The second kappa shape index (κ2) is 6.68. The van der Waals surface area contributed by atoms with E-state index < -0.39 is 0 Å². The highest BCUT2D eigenvalue weighted by Gasteiger charge is 2.23. The van der Waals surface area contributed by atoms with Crippen molar-refractivity contribution in [2.24, 2.45) is 0 Å². The Hall–Kier alpha value is -2.67. The quantitative estimate of drug-likeness (QED) is 0.784. The van der Waals surface area contributed by atoms with Crippen LogP contribution in [0.4, 0.5) is 5.82 Å². The van der Waals surface area contributed by atoms with Crippen molar-refractivity contribution in [2.45, 2.75) is 25.9 Å². The maximum absolute atomic E-state index is 11.8. The molecule has 0 saturated carbocycles. The molecular formula is C18H22N6O. The second-order valence-electron chi connectivity index (χ2n) is 6.61. The number of anilines is 1. The Kier molecular flexibility index (Phi) is 4.23. The molecule has 0 spiro atoms. The van der Waals surface area contributed by atoms with Gasteiger partial charge >= 0.3 is 5.69 Å². The highest BCUT2D eigenvalue weighted by molar-refractivity contribution is 5.45. The molecule has 1 aliphatic heterocycles. The van der Waals surface area contributed by atoms with Crippen LogP contribution >= 0.6 is 0 Å². The molecule has 0 bridgehead atoms. The van der Waals surface area contributed by atoms with Gasteiger partial charge in [0.1, 0.15) is 5.82 Å². The van der Waals surface area contributed by atoms with Gasteiger partial charge in [-0.25, -0.2) is 9.89 Å². The fourth-order valence-corrected chi connectivity index (χ4v) is 3.52. The molecule has 130 valence electrons. The van der Waals surface area contributed by atoms with Crippen molar-refractivity contribution in [1.82, 2.24) is 24.7 Å². The standard InChI is InChI=1S/C18H22N6O/c1-14-12-22(13-15-6-3-2-4-7-15)10-5-11-23(14)17-9-8-16-19-20-18(25)24(16)21-17/h2-4,6-9,14H,5,10-13H2,1H3,(H,20,25)/t14-/m1/s1. The van der Waals surface area contributed by atoms with Crippen molar-refractivity contribution < 1.29 is 0 Å². The molecule has 7 nitrogen and oxygen atoms in total. The van der Waals surface area contributed by atoms with Crippen LogP contribution in [0.3, 0.4) is 0 Å². The lowest BCUT2D eigenvalue weighted by molar-refractivity contribution is 0.268. The number of nitrogens with one attached hydrogen (secondary N) is 1. The first kappa shape index (κ1) is 15.8. The number of H-pyrrole nitrogens is 1. The largest absolute Gasteiger partial charge is 0.364 e. The Bertz CT molecular complexity index is 903. The van der Waals surface area contributed by atoms with Gasteiger partial charge in [0.25, 0.3) is 0 Å². The molecule has 7 heteroatoms. The van der Waals surface area contributed by atoms with E-state index in [0.717, 1.165) is 38.4 Å². The molecule has 1 atom stereocenters. The summed E-state index contributed by atoms with van der Waals surface area (Å²) >= 11 is 0. The summed E-state index contributed by atoms with van der Waals surface area (Å²) in [7, 11) is 0. The van der Waals surface area contributed by atoms with E-state index in [0.29, 0.717) is 11.7 Å². The Balaban J connectivity index is 1.53. The molecule has 25 heavy (non-hydrogen) atoms. The normalized spacial score (nSPS) is 19.2. The molecule has 0 amide bonds. The minimum absolute atomic E-state index is 0.301. The molecule has 1 saturated heterocycles. The summed E-state index contributed by atoms with van der Waals surface area (Å²) in [5.41, 5.74) is 1.58. The van der Waals surface area contributed by atoms with Crippen LogP contribution in [-0.2, 0) is 6.54 Å². The van der Waals surface area contributed by atoms with Crippen molar-refractivity contribution in [2.75, 3.05) is 24.5 Å². The van der Waals surface area contributed by atoms with Crippen molar-refractivity contribution in [3.8, 4) is 0 Å². The fourth-order valence-electron chi connectivity index (χ4n) is 3.52. The second-order valence-corrected chi connectivity index (χ2v) is 6.61. The summed E-state index contributed by atoms with van der Waals surface area (Å²) in [6.45, 7) is 6.14. The van der Waals surface area contributed by atoms with E-state index in [1.54, 1.807) is 0 Å². The van der Waals surface area contributed by atoms with Gasteiger partial charge in [0.2, 0.25) is 0 Å². The summed E-state index contributed by atoms with van der Waals surface area (Å²) in [4.78, 5) is 16.5. The molecule has 0 unspecified atom stereocenters. The summed E-state index contributed by atoms with van der Waals surface area (Å²) in [5, 5.41) is 10.8. The van der Waals surface area contributed by atoms with Crippen molar-refractivity contribution >= 4 is 11.5 Å². The van der Waals surface area contributed by atoms with E-state index in [4.69, 9.17) is 0 Å². The number of aromatic nitrogens is 4. The van der Waals surface area contributed by atoms with E-state index in [1.807, 2.05) is 12.1 Å². The molecular weight excluding hydrogens is 316 g/mol. The third kappa shape index (κ3) is 3.28. The molecule has 0 aliphatic carbocycles. The summed E-state index contributed by atoms with van der Waals surface area (Å²) in [5.74, 6) is 0.824. The minimum atomic E-state index is -0.301. The van der Waals surface area contributed by atoms with Gasteiger partial charge in [0.15, 0.2) is 5.65 Å². The number of hydrogen-bond donors (Lipinski definition) is 1. The number of aromatic amines is 1. The smallest absolute Gasteiger partial charge is 0.351 e. The van der Waals surface area contributed by atoms with E-state index in [2.05, 4.69) is 62.4 Å². The average molecular weight is 338 g/mol. The van der Waals surface area contributed by atoms with Crippen LogP contribution in [0, 0.1) is 0 Å². The van der Waals surface area contributed by atoms with Crippen molar-refractivity contribution in [1.29, 1.82) is 0 Å². The third-order valence-corrected chi connectivity index (χ3v) is 4.73. The Morgan fingerprint density at radius 3 is 2.84 bits per heavy atom. The van der Waals surface area contributed by atoms with Gasteiger partial charge < -0.3 is 4.90 Å². The third-order valence-electron chi connectivity index (χ3n) is 4.73. The maximum atomic E-state index is 11.8. The van der Waals surface area contributed by atoms with Gasteiger partial charge in [0, 0.05) is 32.2 Å². The van der Waals surface area contributed by atoms with E-state index in [9.17, 15) is 4.79 Å². The first-order chi connectivity index (χ1) is 12.2. The van der Waals surface area contributed by atoms with Gasteiger partial charge in [0.05, 0.1) is 0 Å². The topological polar surface area (TPSA) is 69.5 Å². The first-order valence-corrected chi connectivity index (χ1v) is 8.68. The molecule has 1 aliphatic rings. The highest BCUT2D eigenvalue weighted by atomic mass is 16.2. The van der Waals surface area contributed by atoms with Gasteiger partial charge in [-0.2, -0.15) is 9.61 Å². The van der Waals surface area contributed by atoms with Crippen molar-refractivity contribution in [3.63, 3.8) is 0 Å². The van der Waals surface area contributed by atoms with Gasteiger partial charge in [-0.15, -0.1) is 5.10 Å². The Morgan fingerprint density at radius 2 is 2.00 bits per heavy atom. The zero-order valence-corrected chi connectivity index (χ0v) is 14.3. The number of rotatable bonds is 3. The van der Waals surface area contributed by atoms with E-state index >= 15 is 0 Å². The van der Waals surface area contributed by atoms with Crippen LogP contribution in [0.15, 0.2) is 47.3 Å². The van der Waals surface area contributed by atoms with Crippen LogP contribution in [0.25, 0.3) is 5.65 Å². The molecule has 2 aromatic heterocycles. The zero-order valence-electron chi connectivity index (χ0n) is 14.3. The van der Waals surface area contributed by atoms with Crippen molar-refractivity contribution in [3.05, 3.63) is 58.5 Å². The highest BCUT2D eigenvalue weighted by Crippen LogP contribution is 2.19. The summed E-state index contributed by atoms with van der Waals surface area (Å²) in [6, 6.07) is 14.7. The molecule has 4 rings (SSSR count). The molecule has 1 aromatic carbocycles. The zero-order chi connectivity index (χ0) is 17.2. The maximum Gasteiger partial charge on any atom is 0.364 e. The number of fused-ring (bicyclic) bond motifs is 1. The predicted molar refractivity (Wildman–Crippen MR) is 96.8 cm³/mol. The number of benzene rings is 1. The summed E-state index contributed by atoms with van der Waals surface area (Å²) in [6.07, 6.45) is 1.07. The summed E-state index contributed by atoms with van der Waals surface area (Å²) < 4.78 is 1.33. The fraction of sp³-hybridized carbons (Fsp3) is 0.389. The minimum Gasteiger partial charge on any atom is -0.351 e. The van der Waals surface area contributed by atoms with Crippen LogP contribution < -0.4 is 10.6 Å². The first-order valence-electron chi connectivity index (χ1n) is 8.68. The monoisotopic (exact) mass is 338 g/mol. The lowest BCUT2D eigenvalue weighted by Gasteiger charge is -2.29. The molecule has 3 aromatic rings. The molecule has 3 heterocycles. The van der Waals surface area contributed by atoms with Gasteiger partial charge in [-0.3, -0.25) is 4.90 Å². The lowest BCUT2D eigenvalue weighted by Crippen LogP contribution is -2.39. The number of nitrogens with zero attached hydrogens (tertiary/aromatic N) is 5. The molecule has 1 fully saturated rings. The average Bonchev–Trinajstić information content (AvgIpc) is 2.89. The van der Waals surface area contributed by atoms with Crippen LogP contribution in [0.2, 0.25) is 0 Å². The van der Waals surface area contributed by atoms with Crippen LogP contribution in [0.1, 0.15) is 18.9 Å². The Morgan fingerprint density at radius 1 is 1.16 bits per heavy atom.